The Morgan fingerprint density at radius 3 is 2.33 bits per heavy atom. The molecule has 2 amide bonds. The molecule has 0 heterocycles. The van der Waals surface area contributed by atoms with Crippen molar-refractivity contribution in [1.29, 1.82) is 0 Å². The maximum Gasteiger partial charge on any atom is 0.264 e. The van der Waals surface area contributed by atoms with E-state index in [2.05, 4.69) is 21.2 Å². The number of halogens is 1. The number of hydrogen-bond acceptors (Lipinski definition) is 5. The lowest BCUT2D eigenvalue weighted by atomic mass is 10.1. The maximum atomic E-state index is 14.1. The number of rotatable bonds is 13. The first-order chi connectivity index (χ1) is 19.1. The molecule has 0 saturated heterocycles. The van der Waals surface area contributed by atoms with Gasteiger partial charge in [0.15, 0.2) is 0 Å². The summed E-state index contributed by atoms with van der Waals surface area (Å²) >= 11 is 3.41. The van der Waals surface area contributed by atoms with Gasteiger partial charge in [-0.3, -0.25) is 13.9 Å². The van der Waals surface area contributed by atoms with Crippen molar-refractivity contribution < 1.29 is 22.7 Å². The van der Waals surface area contributed by atoms with Crippen molar-refractivity contribution in [2.45, 2.75) is 51.1 Å². The van der Waals surface area contributed by atoms with E-state index in [0.717, 1.165) is 21.9 Å². The summed E-state index contributed by atoms with van der Waals surface area (Å²) in [4.78, 5) is 28.8. The fraction of sp³-hybridized carbons (Fsp3) is 0.333. The SMILES string of the molecule is CCCNC(=O)[C@@H](CC)N(Cc1cccc(OC)c1)C(=O)CN(c1cccc(Br)c1)S(=O)(=O)c1ccc(C)cc1. The molecule has 0 aromatic heterocycles. The van der Waals surface area contributed by atoms with Crippen molar-refractivity contribution in [2.24, 2.45) is 0 Å². The minimum Gasteiger partial charge on any atom is -0.497 e. The van der Waals surface area contributed by atoms with Gasteiger partial charge in [0.05, 0.1) is 17.7 Å². The van der Waals surface area contributed by atoms with E-state index in [1.807, 2.05) is 32.9 Å². The van der Waals surface area contributed by atoms with E-state index in [-0.39, 0.29) is 17.3 Å². The lowest BCUT2D eigenvalue weighted by Crippen LogP contribution is -2.52. The fourth-order valence-electron chi connectivity index (χ4n) is 4.25. The third kappa shape index (κ3) is 7.85. The number of hydrogen-bond donors (Lipinski definition) is 1. The summed E-state index contributed by atoms with van der Waals surface area (Å²) in [5.41, 5.74) is 2.00. The molecule has 1 N–H and O–H groups in total. The largest absolute Gasteiger partial charge is 0.497 e. The minimum atomic E-state index is -4.12. The lowest BCUT2D eigenvalue weighted by Gasteiger charge is -2.33. The molecule has 8 nitrogen and oxygen atoms in total. The Kier molecular flexibility index (Phi) is 11.2. The fourth-order valence-corrected chi connectivity index (χ4v) is 6.04. The summed E-state index contributed by atoms with van der Waals surface area (Å²) in [7, 11) is -2.57. The number of carbonyl (C=O) groups is 2. The number of amides is 2. The Bertz CT molecular complexity index is 1410. The zero-order chi connectivity index (χ0) is 29.3. The van der Waals surface area contributed by atoms with Crippen LogP contribution in [-0.4, -0.2) is 51.4 Å². The number of ether oxygens (including phenoxy) is 1. The molecule has 0 aliphatic carbocycles. The molecule has 40 heavy (non-hydrogen) atoms. The number of methoxy groups -OCH3 is 1. The Hall–Kier alpha value is -3.37. The molecule has 3 aromatic carbocycles. The van der Waals surface area contributed by atoms with Gasteiger partial charge in [-0.25, -0.2) is 8.42 Å². The molecule has 1 atom stereocenters. The normalized spacial score (nSPS) is 11.9. The van der Waals surface area contributed by atoms with Crippen LogP contribution in [0.25, 0.3) is 0 Å². The van der Waals surface area contributed by atoms with Gasteiger partial charge in [0.2, 0.25) is 11.8 Å². The topological polar surface area (TPSA) is 96.0 Å². The number of benzene rings is 3. The van der Waals surface area contributed by atoms with Gasteiger partial charge in [0, 0.05) is 17.6 Å². The molecule has 0 spiro atoms. The Morgan fingerprint density at radius 1 is 1.00 bits per heavy atom. The standard InChI is InChI=1S/C30H36BrN3O5S/c1-5-17-32-30(36)28(6-2)33(20-23-9-7-12-26(18-23)39-4)29(35)21-34(25-11-8-10-24(31)19-25)40(37,38)27-15-13-22(3)14-16-27/h7-16,18-19,28H,5-6,17,20-21H2,1-4H3,(H,32,36)/t28-/m1/s1. The van der Waals surface area contributed by atoms with Crippen LogP contribution >= 0.6 is 15.9 Å². The van der Waals surface area contributed by atoms with Gasteiger partial charge < -0.3 is 15.0 Å². The second kappa shape index (κ2) is 14.3. The molecule has 0 aliphatic rings. The molecule has 0 bridgehead atoms. The summed E-state index contributed by atoms with van der Waals surface area (Å²) in [6.45, 7) is 5.74. The first kappa shape index (κ1) is 31.2. The van der Waals surface area contributed by atoms with Gasteiger partial charge in [-0.1, -0.05) is 65.7 Å². The van der Waals surface area contributed by atoms with Gasteiger partial charge >= 0.3 is 0 Å². The molecule has 0 fully saturated rings. The second-order valence-electron chi connectivity index (χ2n) is 9.39. The van der Waals surface area contributed by atoms with Gasteiger partial charge in [-0.05, 0) is 67.8 Å². The molecule has 3 rings (SSSR count). The molecule has 0 aliphatic heterocycles. The molecule has 0 saturated carbocycles. The second-order valence-corrected chi connectivity index (χ2v) is 12.2. The zero-order valence-corrected chi connectivity index (χ0v) is 25.7. The molecule has 0 radical (unpaired) electrons. The number of anilines is 1. The quantitative estimate of drug-likeness (QED) is 0.277. The monoisotopic (exact) mass is 629 g/mol. The van der Waals surface area contributed by atoms with Crippen LogP contribution in [0, 0.1) is 6.92 Å². The first-order valence-corrected chi connectivity index (χ1v) is 15.4. The Balaban J connectivity index is 2.06. The number of carbonyl (C=O) groups excluding carboxylic acids is 2. The van der Waals surface area contributed by atoms with Gasteiger partial charge in [-0.15, -0.1) is 0 Å². The smallest absolute Gasteiger partial charge is 0.264 e. The molecule has 0 unspecified atom stereocenters. The summed E-state index contributed by atoms with van der Waals surface area (Å²) in [5.74, 6) is -0.168. The predicted octanol–water partition coefficient (Wildman–Crippen LogP) is 5.30. The van der Waals surface area contributed by atoms with E-state index in [9.17, 15) is 18.0 Å². The van der Waals surface area contributed by atoms with Crippen LogP contribution in [0.15, 0.2) is 82.2 Å². The summed E-state index contributed by atoms with van der Waals surface area (Å²) in [5, 5.41) is 2.89. The lowest BCUT2D eigenvalue weighted by molar-refractivity contribution is -0.140. The van der Waals surface area contributed by atoms with Gasteiger partial charge in [0.1, 0.15) is 18.3 Å². The molecule has 10 heteroatoms. The highest BCUT2D eigenvalue weighted by atomic mass is 79.9. The van der Waals surface area contributed by atoms with Crippen molar-refractivity contribution in [3.8, 4) is 5.75 Å². The zero-order valence-electron chi connectivity index (χ0n) is 23.3. The van der Waals surface area contributed by atoms with Crippen molar-refractivity contribution >= 4 is 43.5 Å². The van der Waals surface area contributed by atoms with E-state index in [1.165, 1.54) is 17.0 Å². The van der Waals surface area contributed by atoms with Crippen LogP contribution < -0.4 is 14.4 Å². The van der Waals surface area contributed by atoms with Gasteiger partial charge in [0.25, 0.3) is 10.0 Å². The van der Waals surface area contributed by atoms with Crippen LogP contribution in [0.2, 0.25) is 0 Å². The van der Waals surface area contributed by atoms with Crippen molar-refractivity contribution in [3.05, 3.63) is 88.4 Å². The predicted molar refractivity (Wildman–Crippen MR) is 161 cm³/mol. The third-order valence-electron chi connectivity index (χ3n) is 6.41. The molecule has 3 aromatic rings. The maximum absolute atomic E-state index is 14.1. The summed E-state index contributed by atoms with van der Waals surface area (Å²) in [6, 6.07) is 19.7. The van der Waals surface area contributed by atoms with Crippen LogP contribution in [0.1, 0.15) is 37.8 Å². The number of nitrogens with zero attached hydrogens (tertiary/aromatic N) is 2. The molecule has 214 valence electrons. The number of sulfonamides is 1. The van der Waals surface area contributed by atoms with Crippen LogP contribution in [0.4, 0.5) is 5.69 Å². The number of aryl methyl sites for hydroxylation is 1. The van der Waals surface area contributed by atoms with Crippen LogP contribution in [-0.2, 0) is 26.2 Å². The van der Waals surface area contributed by atoms with E-state index in [4.69, 9.17) is 4.74 Å². The highest BCUT2D eigenvalue weighted by molar-refractivity contribution is 9.10. The highest BCUT2D eigenvalue weighted by Crippen LogP contribution is 2.27. The Morgan fingerprint density at radius 2 is 1.70 bits per heavy atom. The molecular formula is C30H36BrN3O5S. The van der Waals surface area contributed by atoms with Crippen LogP contribution in [0.3, 0.4) is 0 Å². The van der Waals surface area contributed by atoms with Crippen molar-refractivity contribution in [3.63, 3.8) is 0 Å². The minimum absolute atomic E-state index is 0.0675. The van der Waals surface area contributed by atoms with E-state index in [0.29, 0.717) is 28.9 Å². The average Bonchev–Trinajstić information content (AvgIpc) is 2.94. The highest BCUT2D eigenvalue weighted by Gasteiger charge is 2.33. The first-order valence-electron chi connectivity index (χ1n) is 13.2. The summed E-state index contributed by atoms with van der Waals surface area (Å²) in [6.07, 6.45) is 1.10. The van der Waals surface area contributed by atoms with E-state index >= 15 is 0 Å². The average molecular weight is 631 g/mol. The Labute approximate surface area is 245 Å². The van der Waals surface area contributed by atoms with E-state index in [1.54, 1.807) is 55.6 Å². The van der Waals surface area contributed by atoms with E-state index < -0.39 is 28.5 Å². The van der Waals surface area contributed by atoms with Crippen molar-refractivity contribution in [2.75, 3.05) is 24.5 Å². The van der Waals surface area contributed by atoms with Crippen LogP contribution in [0.5, 0.6) is 5.75 Å². The molecular weight excluding hydrogens is 594 g/mol. The third-order valence-corrected chi connectivity index (χ3v) is 8.69. The van der Waals surface area contributed by atoms with Gasteiger partial charge in [-0.2, -0.15) is 0 Å². The summed E-state index contributed by atoms with van der Waals surface area (Å²) < 4.78 is 34.9. The number of nitrogens with one attached hydrogen (secondary N) is 1. The van der Waals surface area contributed by atoms with Crippen molar-refractivity contribution in [1.82, 2.24) is 10.2 Å².